The van der Waals surface area contributed by atoms with Crippen molar-refractivity contribution >= 4 is 11.8 Å². The number of carbonyl (C=O) groups is 2. The second-order valence-electron chi connectivity index (χ2n) is 5.97. The zero-order valence-electron chi connectivity index (χ0n) is 11.6. The summed E-state index contributed by atoms with van der Waals surface area (Å²) in [6, 6.07) is 2.39. The molecule has 19 heavy (non-hydrogen) atoms. The third-order valence-electron chi connectivity index (χ3n) is 4.21. The summed E-state index contributed by atoms with van der Waals surface area (Å²) in [6.45, 7) is 4.87. The van der Waals surface area contributed by atoms with Crippen LogP contribution >= 0.6 is 0 Å². The molecule has 0 radical (unpaired) electrons. The zero-order valence-corrected chi connectivity index (χ0v) is 11.6. The number of hydrogen-bond acceptors (Lipinski definition) is 3. The number of hydrogen-bond donors (Lipinski definition) is 1. The minimum absolute atomic E-state index is 0.00521. The number of piperidine rings is 1. The molecule has 0 aromatic carbocycles. The minimum atomic E-state index is -0.764. The van der Waals surface area contributed by atoms with Gasteiger partial charge in [0.1, 0.15) is 5.41 Å². The van der Waals surface area contributed by atoms with Crippen LogP contribution in [0, 0.1) is 22.7 Å². The minimum Gasteiger partial charge on any atom is -0.353 e. The molecule has 1 heterocycles. The van der Waals surface area contributed by atoms with Gasteiger partial charge in [-0.2, -0.15) is 5.26 Å². The van der Waals surface area contributed by atoms with Gasteiger partial charge in [-0.05, 0) is 31.6 Å². The molecule has 2 fully saturated rings. The van der Waals surface area contributed by atoms with Crippen molar-refractivity contribution in [2.75, 3.05) is 13.1 Å². The summed E-state index contributed by atoms with van der Waals surface area (Å²) in [7, 11) is 0. The average Bonchev–Trinajstić information content (AvgIpc) is 2.34. The maximum atomic E-state index is 12.4. The number of likely N-dealkylation sites (tertiary alicyclic amines) is 1. The van der Waals surface area contributed by atoms with E-state index in [0.29, 0.717) is 31.8 Å². The number of amides is 2. The molecule has 1 aliphatic heterocycles. The topological polar surface area (TPSA) is 73.2 Å². The molecule has 0 unspecified atom stereocenters. The summed E-state index contributed by atoms with van der Waals surface area (Å²) in [5.41, 5.74) is -0.764. The molecular weight excluding hydrogens is 242 g/mol. The first-order chi connectivity index (χ1) is 8.97. The summed E-state index contributed by atoms with van der Waals surface area (Å²) in [5, 5.41) is 12.2. The van der Waals surface area contributed by atoms with Crippen LogP contribution in [0.4, 0.5) is 0 Å². The molecule has 0 aromatic heterocycles. The number of carbonyl (C=O) groups excluding carboxylic acids is 2. The summed E-state index contributed by atoms with van der Waals surface area (Å²) in [4.78, 5) is 25.2. The standard InChI is InChI=1S/C14H21N3O2/c1-10-7-14(8-10,9-15)13(19)17-5-3-12(4-6-17)16-11(2)18/h10,12H,3-8H2,1-2H3,(H,16,18). The fourth-order valence-corrected chi connectivity index (χ4v) is 3.26. The molecule has 1 aliphatic carbocycles. The van der Waals surface area contributed by atoms with Gasteiger partial charge in [-0.1, -0.05) is 6.92 Å². The molecule has 1 saturated carbocycles. The van der Waals surface area contributed by atoms with E-state index in [4.69, 9.17) is 0 Å². The van der Waals surface area contributed by atoms with E-state index in [1.807, 2.05) is 0 Å². The molecule has 5 nitrogen and oxygen atoms in total. The molecule has 104 valence electrons. The predicted octanol–water partition coefficient (Wildman–Crippen LogP) is 1.05. The van der Waals surface area contributed by atoms with Crippen molar-refractivity contribution in [3.05, 3.63) is 0 Å². The summed E-state index contributed by atoms with van der Waals surface area (Å²) in [5.74, 6) is 0.445. The lowest BCUT2D eigenvalue weighted by atomic mass is 9.62. The van der Waals surface area contributed by atoms with Gasteiger partial charge in [0.2, 0.25) is 11.8 Å². The van der Waals surface area contributed by atoms with Crippen LogP contribution < -0.4 is 5.32 Å². The van der Waals surface area contributed by atoms with Crippen molar-refractivity contribution in [3.8, 4) is 6.07 Å². The van der Waals surface area contributed by atoms with Crippen molar-refractivity contribution in [3.63, 3.8) is 0 Å². The van der Waals surface area contributed by atoms with Crippen LogP contribution in [-0.2, 0) is 9.59 Å². The van der Waals surface area contributed by atoms with Gasteiger partial charge in [0, 0.05) is 26.1 Å². The zero-order chi connectivity index (χ0) is 14.0. The number of nitrogens with zero attached hydrogens (tertiary/aromatic N) is 2. The molecule has 2 aliphatic rings. The third-order valence-corrected chi connectivity index (χ3v) is 4.21. The van der Waals surface area contributed by atoms with Crippen LogP contribution in [0.5, 0.6) is 0 Å². The maximum absolute atomic E-state index is 12.4. The van der Waals surface area contributed by atoms with Crippen molar-refractivity contribution in [1.82, 2.24) is 10.2 Å². The molecule has 1 saturated heterocycles. The first-order valence-electron chi connectivity index (χ1n) is 6.94. The van der Waals surface area contributed by atoms with Crippen LogP contribution in [0.25, 0.3) is 0 Å². The fourth-order valence-electron chi connectivity index (χ4n) is 3.26. The van der Waals surface area contributed by atoms with Crippen LogP contribution in [0.1, 0.15) is 39.5 Å². The Kier molecular flexibility index (Phi) is 3.79. The average molecular weight is 263 g/mol. The van der Waals surface area contributed by atoms with Crippen molar-refractivity contribution in [2.24, 2.45) is 11.3 Å². The SMILES string of the molecule is CC(=O)NC1CCN(C(=O)C2(C#N)CC(C)C2)CC1. The first kappa shape index (κ1) is 13.9. The van der Waals surface area contributed by atoms with Crippen molar-refractivity contribution in [1.29, 1.82) is 5.26 Å². The highest BCUT2D eigenvalue weighted by Crippen LogP contribution is 2.46. The van der Waals surface area contributed by atoms with Crippen LogP contribution in [0.2, 0.25) is 0 Å². The van der Waals surface area contributed by atoms with Gasteiger partial charge in [0.25, 0.3) is 0 Å². The summed E-state index contributed by atoms with van der Waals surface area (Å²) < 4.78 is 0. The number of nitrogens with one attached hydrogen (secondary N) is 1. The second-order valence-corrected chi connectivity index (χ2v) is 5.97. The smallest absolute Gasteiger partial charge is 0.243 e. The Labute approximate surface area is 113 Å². The van der Waals surface area contributed by atoms with Crippen molar-refractivity contribution in [2.45, 2.75) is 45.6 Å². The van der Waals surface area contributed by atoms with Gasteiger partial charge in [-0.3, -0.25) is 9.59 Å². The van der Waals surface area contributed by atoms with E-state index in [-0.39, 0.29) is 17.9 Å². The van der Waals surface area contributed by atoms with Gasteiger partial charge in [0.05, 0.1) is 6.07 Å². The first-order valence-corrected chi connectivity index (χ1v) is 6.94. The Balaban J connectivity index is 1.89. The lowest BCUT2D eigenvalue weighted by molar-refractivity contribution is -0.146. The molecule has 0 spiro atoms. The Morgan fingerprint density at radius 2 is 1.89 bits per heavy atom. The second kappa shape index (κ2) is 5.20. The largest absolute Gasteiger partial charge is 0.353 e. The normalized spacial score (nSPS) is 31.2. The van der Waals surface area contributed by atoms with Crippen LogP contribution in [0.3, 0.4) is 0 Å². The van der Waals surface area contributed by atoms with Gasteiger partial charge in [-0.15, -0.1) is 0 Å². The highest BCUT2D eigenvalue weighted by atomic mass is 16.2. The highest BCUT2D eigenvalue weighted by molar-refractivity contribution is 5.86. The van der Waals surface area contributed by atoms with E-state index in [1.165, 1.54) is 6.92 Å². The number of nitriles is 1. The monoisotopic (exact) mass is 263 g/mol. The van der Waals surface area contributed by atoms with Gasteiger partial charge >= 0.3 is 0 Å². The third kappa shape index (κ3) is 2.73. The van der Waals surface area contributed by atoms with Gasteiger partial charge in [0.15, 0.2) is 0 Å². The lowest BCUT2D eigenvalue weighted by Crippen LogP contribution is -2.54. The van der Waals surface area contributed by atoms with E-state index in [2.05, 4.69) is 18.3 Å². The Hall–Kier alpha value is -1.57. The van der Waals surface area contributed by atoms with Gasteiger partial charge < -0.3 is 10.2 Å². The quantitative estimate of drug-likeness (QED) is 0.809. The Morgan fingerprint density at radius 1 is 1.32 bits per heavy atom. The number of rotatable bonds is 2. The van der Waals surface area contributed by atoms with Crippen LogP contribution in [0.15, 0.2) is 0 Å². The molecule has 2 amide bonds. The molecule has 0 aromatic rings. The fraction of sp³-hybridized carbons (Fsp3) is 0.786. The molecular formula is C14H21N3O2. The predicted molar refractivity (Wildman–Crippen MR) is 69.9 cm³/mol. The molecule has 1 N–H and O–H groups in total. The lowest BCUT2D eigenvalue weighted by Gasteiger charge is -2.44. The van der Waals surface area contributed by atoms with E-state index >= 15 is 0 Å². The summed E-state index contributed by atoms with van der Waals surface area (Å²) >= 11 is 0. The van der Waals surface area contributed by atoms with Crippen LogP contribution in [-0.4, -0.2) is 35.8 Å². The Bertz CT molecular complexity index is 413. The van der Waals surface area contributed by atoms with Crippen molar-refractivity contribution < 1.29 is 9.59 Å². The molecule has 5 heteroatoms. The molecule has 0 atom stereocenters. The highest BCUT2D eigenvalue weighted by Gasteiger charge is 2.50. The summed E-state index contributed by atoms with van der Waals surface area (Å²) in [6.07, 6.45) is 2.94. The molecule has 0 bridgehead atoms. The van der Waals surface area contributed by atoms with E-state index < -0.39 is 5.41 Å². The van der Waals surface area contributed by atoms with E-state index in [0.717, 1.165) is 12.8 Å². The Morgan fingerprint density at radius 3 is 2.32 bits per heavy atom. The van der Waals surface area contributed by atoms with E-state index in [1.54, 1.807) is 4.90 Å². The van der Waals surface area contributed by atoms with Gasteiger partial charge in [-0.25, -0.2) is 0 Å². The molecule has 2 rings (SSSR count). The van der Waals surface area contributed by atoms with E-state index in [9.17, 15) is 14.9 Å². The maximum Gasteiger partial charge on any atom is 0.243 e.